The molecule has 6 heteroatoms. The number of aromatic nitrogens is 1. The van der Waals surface area contributed by atoms with Crippen LogP contribution in [0.2, 0.25) is 0 Å². The lowest BCUT2D eigenvalue weighted by atomic mass is 9.98. The average molecular weight is 464 g/mol. The molecule has 4 rings (SSSR count). The number of rotatable bonds is 2. The maximum Gasteiger partial charge on any atom is 0.133 e. The number of fused-ring (bicyclic) bond motifs is 8. The van der Waals surface area contributed by atoms with E-state index in [4.69, 9.17) is 28.7 Å². The Labute approximate surface area is 201 Å². The predicted octanol–water partition coefficient (Wildman–Crippen LogP) is 5.42. The topological polar surface area (TPSA) is 59.0 Å². The molecule has 0 amide bonds. The molecule has 1 aromatic heterocycles. The van der Waals surface area contributed by atoms with Gasteiger partial charge in [0, 0.05) is 22.3 Å². The van der Waals surface area contributed by atoms with Crippen molar-refractivity contribution in [3.63, 3.8) is 0 Å². The molecule has 0 saturated heterocycles. The largest absolute Gasteiger partial charge is 0.496 e. The quantitative estimate of drug-likeness (QED) is 0.506. The second kappa shape index (κ2) is 11.0. The molecule has 0 fully saturated rings. The molecule has 0 atom stereocenters. The fourth-order valence-electron chi connectivity index (χ4n) is 4.42. The van der Waals surface area contributed by atoms with Crippen molar-refractivity contribution >= 4 is 0 Å². The van der Waals surface area contributed by atoms with Gasteiger partial charge < -0.3 is 23.7 Å². The average Bonchev–Trinajstić information content (AvgIpc) is 2.81. The molecular weight excluding hydrogens is 430 g/mol. The van der Waals surface area contributed by atoms with E-state index in [-0.39, 0.29) is 0 Å². The molecule has 0 aliphatic carbocycles. The van der Waals surface area contributed by atoms with E-state index in [0.29, 0.717) is 39.6 Å². The van der Waals surface area contributed by atoms with E-state index < -0.39 is 0 Å². The van der Waals surface area contributed by atoms with Gasteiger partial charge in [0.05, 0.1) is 65.2 Å². The summed E-state index contributed by atoms with van der Waals surface area (Å²) in [6, 6.07) is 12.6. The van der Waals surface area contributed by atoms with Crippen molar-refractivity contribution < 1.29 is 23.7 Å². The van der Waals surface area contributed by atoms with Crippen LogP contribution < -0.4 is 9.47 Å². The smallest absolute Gasteiger partial charge is 0.133 e. The van der Waals surface area contributed by atoms with Crippen LogP contribution in [-0.2, 0) is 27.4 Å². The van der Waals surface area contributed by atoms with Gasteiger partial charge in [-0.25, -0.2) is 4.98 Å². The van der Waals surface area contributed by atoms with Crippen molar-refractivity contribution in [3.05, 3.63) is 64.2 Å². The van der Waals surface area contributed by atoms with Crippen LogP contribution in [0.25, 0.3) is 22.5 Å². The third-order valence-corrected chi connectivity index (χ3v) is 5.81. The van der Waals surface area contributed by atoms with Crippen LogP contribution in [0, 0.1) is 20.8 Å². The first-order valence-corrected chi connectivity index (χ1v) is 11.6. The monoisotopic (exact) mass is 463 g/mol. The van der Waals surface area contributed by atoms with Gasteiger partial charge >= 0.3 is 0 Å². The number of hydrogen-bond donors (Lipinski definition) is 0. The highest BCUT2D eigenvalue weighted by molar-refractivity contribution is 5.76. The highest BCUT2D eigenvalue weighted by Crippen LogP contribution is 2.38. The fourth-order valence-corrected chi connectivity index (χ4v) is 4.42. The number of pyridine rings is 1. The number of methoxy groups -OCH3 is 2. The standard InChI is InChI=1S/C28H33NO5/c1-18-10-21-16-33-8-6-32-7-9-34-17-22-11-19(2)13-24(28(22)31-5)26-15-20(3)14-25(29-26)23(12-18)27(21)30-4/h10-15H,6-9,16-17H2,1-5H3. The number of nitrogens with zero attached hydrogens (tertiary/aromatic N) is 1. The lowest BCUT2D eigenvalue weighted by molar-refractivity contribution is 0.00653. The van der Waals surface area contributed by atoms with Gasteiger partial charge in [0.25, 0.3) is 0 Å². The zero-order valence-electron chi connectivity index (χ0n) is 20.7. The predicted molar refractivity (Wildman–Crippen MR) is 133 cm³/mol. The molecule has 6 nitrogen and oxygen atoms in total. The van der Waals surface area contributed by atoms with Crippen LogP contribution in [0.5, 0.6) is 11.5 Å². The second-order valence-electron chi connectivity index (χ2n) is 8.64. The van der Waals surface area contributed by atoms with Gasteiger partial charge in [-0.1, -0.05) is 12.1 Å². The van der Waals surface area contributed by atoms with Gasteiger partial charge in [0.15, 0.2) is 0 Å². The van der Waals surface area contributed by atoms with E-state index in [1.165, 1.54) is 0 Å². The number of benzene rings is 2. The summed E-state index contributed by atoms with van der Waals surface area (Å²) in [5, 5.41) is 0. The molecular formula is C28H33NO5. The molecule has 0 saturated carbocycles. The first-order valence-electron chi connectivity index (χ1n) is 11.6. The van der Waals surface area contributed by atoms with Gasteiger partial charge in [0.2, 0.25) is 0 Å². The van der Waals surface area contributed by atoms with Crippen molar-refractivity contribution in [1.29, 1.82) is 0 Å². The number of aryl methyl sites for hydroxylation is 3. The Morgan fingerprint density at radius 3 is 1.44 bits per heavy atom. The van der Waals surface area contributed by atoms with E-state index in [0.717, 1.165) is 61.8 Å². The van der Waals surface area contributed by atoms with E-state index in [1.807, 2.05) is 0 Å². The summed E-state index contributed by atoms with van der Waals surface area (Å²) in [5.74, 6) is 1.56. The second-order valence-corrected chi connectivity index (χ2v) is 8.64. The van der Waals surface area contributed by atoms with Gasteiger partial charge in [-0.15, -0.1) is 0 Å². The summed E-state index contributed by atoms with van der Waals surface area (Å²) in [7, 11) is 3.39. The third kappa shape index (κ3) is 5.41. The summed E-state index contributed by atoms with van der Waals surface area (Å²) in [4.78, 5) is 5.08. The molecule has 1 aliphatic rings. The van der Waals surface area contributed by atoms with Crippen LogP contribution in [0.1, 0.15) is 27.8 Å². The highest BCUT2D eigenvalue weighted by Gasteiger charge is 2.18. The Balaban J connectivity index is 1.91. The summed E-state index contributed by atoms with van der Waals surface area (Å²) in [6.07, 6.45) is 0. The SMILES string of the molecule is COc1c2cc(C)cc1-c1cc(C)cc(n1)-c1cc(C)cc(c1OC)COCCOCCOC2. The van der Waals surface area contributed by atoms with Crippen LogP contribution in [0.3, 0.4) is 0 Å². The molecule has 180 valence electrons. The highest BCUT2D eigenvalue weighted by atomic mass is 16.5. The van der Waals surface area contributed by atoms with Crippen LogP contribution in [-0.4, -0.2) is 45.6 Å². The molecule has 0 unspecified atom stereocenters. The van der Waals surface area contributed by atoms with Gasteiger partial charge in [0.1, 0.15) is 11.5 Å². The zero-order valence-corrected chi connectivity index (χ0v) is 20.7. The van der Waals surface area contributed by atoms with Crippen LogP contribution in [0.15, 0.2) is 36.4 Å². The molecule has 1 aliphatic heterocycles. The van der Waals surface area contributed by atoms with E-state index >= 15 is 0 Å². The van der Waals surface area contributed by atoms with Crippen molar-refractivity contribution in [2.75, 3.05) is 40.6 Å². The Kier molecular flexibility index (Phi) is 7.83. The van der Waals surface area contributed by atoms with Crippen molar-refractivity contribution in [2.24, 2.45) is 0 Å². The Morgan fingerprint density at radius 2 is 1.00 bits per heavy atom. The summed E-state index contributed by atoms with van der Waals surface area (Å²) in [5.41, 5.74) is 8.91. The maximum atomic E-state index is 5.89. The molecule has 2 heterocycles. The Hall–Kier alpha value is -2.93. The minimum Gasteiger partial charge on any atom is -0.496 e. The minimum atomic E-state index is 0.436. The lowest BCUT2D eigenvalue weighted by Gasteiger charge is -2.18. The Morgan fingerprint density at radius 1 is 0.588 bits per heavy atom. The van der Waals surface area contributed by atoms with Gasteiger partial charge in [-0.3, -0.25) is 0 Å². The molecule has 6 bridgehead atoms. The Bertz CT molecular complexity index is 1070. The van der Waals surface area contributed by atoms with Crippen LogP contribution >= 0.6 is 0 Å². The molecule has 0 spiro atoms. The molecule has 3 aromatic rings. The number of ether oxygens (including phenoxy) is 5. The summed E-state index contributed by atoms with van der Waals surface area (Å²) in [6.45, 7) is 9.11. The minimum absolute atomic E-state index is 0.436. The molecule has 34 heavy (non-hydrogen) atoms. The third-order valence-electron chi connectivity index (χ3n) is 5.81. The fraction of sp³-hybridized carbons (Fsp3) is 0.393. The van der Waals surface area contributed by atoms with Crippen LogP contribution in [0.4, 0.5) is 0 Å². The molecule has 0 radical (unpaired) electrons. The van der Waals surface area contributed by atoms with Gasteiger partial charge in [-0.05, 0) is 61.7 Å². The van der Waals surface area contributed by atoms with E-state index in [9.17, 15) is 0 Å². The molecule has 0 N–H and O–H groups in total. The van der Waals surface area contributed by atoms with Crippen molar-refractivity contribution in [2.45, 2.75) is 34.0 Å². The number of hydrogen-bond acceptors (Lipinski definition) is 6. The first-order chi connectivity index (χ1) is 16.5. The summed E-state index contributed by atoms with van der Waals surface area (Å²) < 4.78 is 29.2. The zero-order chi connectivity index (χ0) is 24.1. The normalized spacial score (nSPS) is 14.7. The van der Waals surface area contributed by atoms with E-state index in [2.05, 4.69) is 57.2 Å². The van der Waals surface area contributed by atoms with Gasteiger partial charge in [-0.2, -0.15) is 0 Å². The maximum absolute atomic E-state index is 5.89. The molecule has 2 aromatic carbocycles. The summed E-state index contributed by atoms with van der Waals surface area (Å²) >= 11 is 0. The lowest BCUT2D eigenvalue weighted by Crippen LogP contribution is -2.10. The van der Waals surface area contributed by atoms with Crippen molar-refractivity contribution in [3.8, 4) is 34.0 Å². The van der Waals surface area contributed by atoms with Crippen molar-refractivity contribution in [1.82, 2.24) is 4.98 Å². The first kappa shape index (κ1) is 24.2. The van der Waals surface area contributed by atoms with E-state index in [1.54, 1.807) is 14.2 Å².